The van der Waals surface area contributed by atoms with Crippen molar-refractivity contribution in [1.82, 2.24) is 9.97 Å². The van der Waals surface area contributed by atoms with Gasteiger partial charge in [0.15, 0.2) is 17.4 Å². The van der Waals surface area contributed by atoms with Crippen LogP contribution in [0.1, 0.15) is 17.1 Å². The van der Waals surface area contributed by atoms with Crippen LogP contribution < -0.4 is 16.0 Å². The molecule has 0 radical (unpaired) electrons. The smallest absolute Gasteiger partial charge is 0.168 e. The highest BCUT2D eigenvalue weighted by molar-refractivity contribution is 5.36. The minimum Gasteiger partial charge on any atom is -0.483 e. The first-order valence-corrected chi connectivity index (χ1v) is 5.76. The molecular weight excluding hydrogens is 261 g/mol. The number of nitriles is 1. The molecule has 0 saturated heterocycles. The van der Waals surface area contributed by atoms with E-state index in [4.69, 9.17) is 15.8 Å². The maximum absolute atomic E-state index is 13.6. The summed E-state index contributed by atoms with van der Waals surface area (Å²) in [4.78, 5) is 8.24. The zero-order valence-corrected chi connectivity index (χ0v) is 10.7. The van der Waals surface area contributed by atoms with Crippen molar-refractivity contribution in [2.45, 2.75) is 13.5 Å². The minimum absolute atomic E-state index is 0.000813. The first kappa shape index (κ1) is 13.7. The van der Waals surface area contributed by atoms with Gasteiger partial charge in [0, 0.05) is 11.8 Å². The minimum atomic E-state index is -0.603. The average Bonchev–Trinajstić information content (AvgIpc) is 2.45. The summed E-state index contributed by atoms with van der Waals surface area (Å²) in [6, 6.07) is 7.50. The average molecular weight is 273 g/mol. The van der Waals surface area contributed by atoms with Crippen LogP contribution in [0.5, 0.6) is 5.75 Å². The molecule has 1 heterocycles. The van der Waals surface area contributed by atoms with Crippen molar-refractivity contribution in [3.8, 4) is 11.8 Å². The standard InChI is InChI=1S/C13H12FN5O/c1-8-4-12(19-16)18-13(17-8)7-20-11-3-2-9(6-15)5-10(11)14/h2-5H,7,16H2,1H3,(H,17,18,19). The van der Waals surface area contributed by atoms with Crippen molar-refractivity contribution >= 4 is 5.82 Å². The Bertz CT molecular complexity index is 668. The molecule has 0 saturated carbocycles. The van der Waals surface area contributed by atoms with Crippen LogP contribution in [0.3, 0.4) is 0 Å². The Balaban J connectivity index is 2.13. The Hall–Kier alpha value is -2.72. The molecule has 0 bridgehead atoms. The van der Waals surface area contributed by atoms with Crippen molar-refractivity contribution in [2.24, 2.45) is 5.84 Å². The summed E-state index contributed by atoms with van der Waals surface area (Å²) in [5.41, 5.74) is 3.36. The number of hydrogen-bond acceptors (Lipinski definition) is 6. The SMILES string of the molecule is Cc1cc(NN)nc(COc2ccc(C#N)cc2F)n1. The summed E-state index contributed by atoms with van der Waals surface area (Å²) < 4.78 is 18.9. The van der Waals surface area contributed by atoms with E-state index in [0.29, 0.717) is 17.3 Å². The van der Waals surface area contributed by atoms with Crippen molar-refractivity contribution in [3.63, 3.8) is 0 Å². The molecule has 3 N–H and O–H groups in total. The number of hydrogen-bond donors (Lipinski definition) is 2. The molecule has 102 valence electrons. The van der Waals surface area contributed by atoms with E-state index in [0.717, 1.165) is 6.07 Å². The lowest BCUT2D eigenvalue weighted by Gasteiger charge is -2.08. The van der Waals surface area contributed by atoms with Crippen LogP contribution in [-0.2, 0) is 6.61 Å². The molecule has 0 atom stereocenters. The Morgan fingerprint density at radius 2 is 2.20 bits per heavy atom. The predicted molar refractivity (Wildman–Crippen MR) is 70.0 cm³/mol. The lowest BCUT2D eigenvalue weighted by Crippen LogP contribution is -2.12. The van der Waals surface area contributed by atoms with E-state index in [-0.39, 0.29) is 17.9 Å². The van der Waals surface area contributed by atoms with Crippen LogP contribution in [0.25, 0.3) is 0 Å². The van der Waals surface area contributed by atoms with Crippen LogP contribution in [0, 0.1) is 24.1 Å². The van der Waals surface area contributed by atoms with Crippen LogP contribution in [0.15, 0.2) is 24.3 Å². The highest BCUT2D eigenvalue weighted by Crippen LogP contribution is 2.19. The van der Waals surface area contributed by atoms with Gasteiger partial charge >= 0.3 is 0 Å². The molecule has 2 aromatic rings. The molecule has 0 fully saturated rings. The molecular formula is C13H12FN5O. The fourth-order valence-corrected chi connectivity index (χ4v) is 1.60. The van der Waals surface area contributed by atoms with Gasteiger partial charge in [-0.3, -0.25) is 0 Å². The number of nitrogens with zero attached hydrogens (tertiary/aromatic N) is 3. The second-order valence-electron chi connectivity index (χ2n) is 4.00. The number of aromatic nitrogens is 2. The van der Waals surface area contributed by atoms with E-state index in [2.05, 4.69) is 15.4 Å². The number of nitrogens with two attached hydrogens (primary N) is 1. The summed E-state index contributed by atoms with van der Waals surface area (Å²) in [5.74, 6) is 5.55. The number of benzene rings is 1. The zero-order valence-electron chi connectivity index (χ0n) is 10.7. The van der Waals surface area contributed by atoms with Gasteiger partial charge in [-0.15, -0.1) is 0 Å². The highest BCUT2D eigenvalue weighted by atomic mass is 19.1. The normalized spacial score (nSPS) is 9.90. The maximum atomic E-state index is 13.6. The summed E-state index contributed by atoms with van der Waals surface area (Å²) in [7, 11) is 0. The molecule has 0 spiro atoms. The van der Waals surface area contributed by atoms with Gasteiger partial charge in [-0.25, -0.2) is 20.2 Å². The van der Waals surface area contributed by atoms with Gasteiger partial charge < -0.3 is 10.2 Å². The Morgan fingerprint density at radius 3 is 2.85 bits per heavy atom. The summed E-state index contributed by atoms with van der Waals surface area (Å²) in [6.45, 7) is 1.79. The van der Waals surface area contributed by atoms with E-state index in [1.54, 1.807) is 13.0 Å². The van der Waals surface area contributed by atoms with Gasteiger partial charge in [0.1, 0.15) is 12.4 Å². The maximum Gasteiger partial charge on any atom is 0.168 e. The lowest BCUT2D eigenvalue weighted by molar-refractivity contribution is 0.281. The van der Waals surface area contributed by atoms with Gasteiger partial charge in [-0.05, 0) is 25.1 Å². The number of ether oxygens (including phenoxy) is 1. The number of hydrazine groups is 1. The first-order valence-electron chi connectivity index (χ1n) is 5.76. The molecule has 0 aliphatic rings. The van der Waals surface area contributed by atoms with E-state index in [1.165, 1.54) is 12.1 Å². The van der Waals surface area contributed by atoms with Gasteiger partial charge in [0.05, 0.1) is 11.6 Å². The zero-order chi connectivity index (χ0) is 14.5. The summed E-state index contributed by atoms with van der Waals surface area (Å²) in [5, 5.41) is 8.65. The molecule has 0 unspecified atom stereocenters. The van der Waals surface area contributed by atoms with Gasteiger partial charge in [-0.2, -0.15) is 5.26 Å². The van der Waals surface area contributed by atoms with E-state index < -0.39 is 5.82 Å². The molecule has 20 heavy (non-hydrogen) atoms. The largest absolute Gasteiger partial charge is 0.483 e. The van der Waals surface area contributed by atoms with Gasteiger partial charge in [0.25, 0.3) is 0 Å². The van der Waals surface area contributed by atoms with Gasteiger partial charge in [-0.1, -0.05) is 0 Å². The van der Waals surface area contributed by atoms with Crippen molar-refractivity contribution in [2.75, 3.05) is 5.43 Å². The van der Waals surface area contributed by atoms with E-state index in [1.807, 2.05) is 6.07 Å². The number of aryl methyl sites for hydroxylation is 1. The molecule has 0 aliphatic carbocycles. The van der Waals surface area contributed by atoms with Crippen LogP contribution >= 0.6 is 0 Å². The lowest BCUT2D eigenvalue weighted by atomic mass is 10.2. The molecule has 1 aromatic carbocycles. The number of rotatable bonds is 4. The molecule has 2 rings (SSSR count). The Kier molecular flexibility index (Phi) is 4.08. The molecule has 6 nitrogen and oxygen atoms in total. The van der Waals surface area contributed by atoms with E-state index in [9.17, 15) is 4.39 Å². The number of nitrogen functional groups attached to an aromatic ring is 1. The topological polar surface area (TPSA) is 96.9 Å². The fraction of sp³-hybridized carbons (Fsp3) is 0.154. The highest BCUT2D eigenvalue weighted by Gasteiger charge is 2.07. The van der Waals surface area contributed by atoms with Crippen LogP contribution in [-0.4, -0.2) is 9.97 Å². The third-order valence-electron chi connectivity index (χ3n) is 2.47. The first-order chi connectivity index (χ1) is 9.62. The number of nitrogens with one attached hydrogen (secondary N) is 1. The number of halogens is 1. The van der Waals surface area contributed by atoms with Crippen LogP contribution in [0.2, 0.25) is 0 Å². The Morgan fingerprint density at radius 1 is 1.40 bits per heavy atom. The second-order valence-corrected chi connectivity index (χ2v) is 4.00. The van der Waals surface area contributed by atoms with Crippen molar-refractivity contribution in [3.05, 3.63) is 47.2 Å². The summed E-state index contributed by atoms with van der Waals surface area (Å²) in [6.07, 6.45) is 0. The Labute approximate surface area is 115 Å². The summed E-state index contributed by atoms with van der Waals surface area (Å²) >= 11 is 0. The van der Waals surface area contributed by atoms with Crippen molar-refractivity contribution < 1.29 is 9.13 Å². The molecule has 7 heteroatoms. The second kappa shape index (κ2) is 5.95. The molecule has 0 amide bonds. The predicted octanol–water partition coefficient (Wildman–Crippen LogP) is 1.66. The fourth-order valence-electron chi connectivity index (χ4n) is 1.60. The van der Waals surface area contributed by atoms with E-state index >= 15 is 0 Å². The monoisotopic (exact) mass is 273 g/mol. The third-order valence-corrected chi connectivity index (χ3v) is 2.47. The van der Waals surface area contributed by atoms with Gasteiger partial charge in [0.2, 0.25) is 0 Å². The van der Waals surface area contributed by atoms with Crippen LogP contribution in [0.4, 0.5) is 10.2 Å². The quantitative estimate of drug-likeness (QED) is 0.649. The third kappa shape index (κ3) is 3.18. The van der Waals surface area contributed by atoms with Crippen molar-refractivity contribution in [1.29, 1.82) is 5.26 Å². The molecule has 1 aromatic heterocycles. The molecule has 0 aliphatic heterocycles. The number of anilines is 1.